The van der Waals surface area contributed by atoms with Crippen LogP contribution in [0.4, 0.5) is 11.4 Å². The fraction of sp³-hybridized carbons (Fsp3) is 0.400. The number of carbonyl (C=O) groups is 1. The van der Waals surface area contributed by atoms with Crippen LogP contribution in [0.3, 0.4) is 0 Å². The van der Waals surface area contributed by atoms with E-state index in [2.05, 4.69) is 14.9 Å². The summed E-state index contributed by atoms with van der Waals surface area (Å²) < 4.78 is 5.34. The summed E-state index contributed by atoms with van der Waals surface area (Å²) in [5, 5.41) is 3.54. The normalized spacial score (nSPS) is 18.7. The average Bonchev–Trinajstić information content (AvgIpc) is 2.57. The Kier molecular flexibility index (Phi) is 4.27. The van der Waals surface area contributed by atoms with E-state index in [9.17, 15) is 4.79 Å². The predicted octanol–water partition coefficient (Wildman–Crippen LogP) is 2.58. The first kappa shape index (κ1) is 14.4. The monoisotopic (exact) mass is 299 g/mol. The van der Waals surface area contributed by atoms with E-state index in [0.717, 1.165) is 30.9 Å². The van der Waals surface area contributed by atoms with Gasteiger partial charge in [-0.1, -0.05) is 23.3 Å². The summed E-state index contributed by atoms with van der Waals surface area (Å²) >= 11 is 0. The number of anilines is 1. The zero-order chi connectivity index (χ0) is 15.4. The van der Waals surface area contributed by atoms with Crippen LogP contribution in [-0.2, 0) is 9.53 Å². The molecular formula is C15H17N5O2. The lowest BCUT2D eigenvalue weighted by Crippen LogP contribution is -2.45. The molecule has 0 spiro atoms. The lowest BCUT2D eigenvalue weighted by atomic mass is 10.1. The Morgan fingerprint density at radius 3 is 2.55 bits per heavy atom. The van der Waals surface area contributed by atoms with Crippen LogP contribution in [0.15, 0.2) is 41.2 Å². The van der Waals surface area contributed by atoms with Crippen molar-refractivity contribution in [3.63, 3.8) is 0 Å². The van der Waals surface area contributed by atoms with Crippen LogP contribution in [-0.4, -0.2) is 43.7 Å². The number of benzene rings is 1. The summed E-state index contributed by atoms with van der Waals surface area (Å²) in [7, 11) is 0. The minimum atomic E-state index is 0.0182. The Morgan fingerprint density at radius 2 is 1.86 bits per heavy atom. The van der Waals surface area contributed by atoms with Crippen molar-refractivity contribution in [1.29, 1.82) is 0 Å². The molecule has 7 nitrogen and oxygen atoms in total. The second-order valence-corrected chi connectivity index (χ2v) is 5.14. The van der Waals surface area contributed by atoms with Crippen molar-refractivity contribution >= 4 is 17.3 Å². The van der Waals surface area contributed by atoms with E-state index in [1.165, 1.54) is 0 Å². The number of hydrogen-bond acceptors (Lipinski definition) is 4. The second-order valence-electron chi connectivity index (χ2n) is 5.14. The number of azide groups is 1. The summed E-state index contributed by atoms with van der Waals surface area (Å²) in [6.45, 7) is 3.48. The van der Waals surface area contributed by atoms with Gasteiger partial charge >= 0.3 is 0 Å². The van der Waals surface area contributed by atoms with Gasteiger partial charge in [-0.3, -0.25) is 4.79 Å². The van der Waals surface area contributed by atoms with E-state index < -0.39 is 0 Å². The first-order valence-corrected chi connectivity index (χ1v) is 7.29. The van der Waals surface area contributed by atoms with Crippen LogP contribution in [0.5, 0.6) is 0 Å². The standard InChI is InChI=1S/C15H17N5O2/c16-18-17-12-3-5-13(6-4-12)20-7-1-2-14(15(20)21)19-8-10-22-11-9-19/h2-6H,1,7-11H2. The number of ether oxygens (including phenoxy) is 1. The molecule has 2 aliphatic heterocycles. The zero-order valence-corrected chi connectivity index (χ0v) is 12.2. The van der Waals surface area contributed by atoms with Gasteiger partial charge < -0.3 is 14.5 Å². The van der Waals surface area contributed by atoms with Gasteiger partial charge in [0, 0.05) is 35.9 Å². The van der Waals surface area contributed by atoms with Gasteiger partial charge in [0.2, 0.25) is 0 Å². The minimum Gasteiger partial charge on any atom is -0.378 e. The molecule has 3 rings (SSSR count). The number of hydrogen-bond donors (Lipinski definition) is 0. The van der Waals surface area contributed by atoms with Gasteiger partial charge in [-0.2, -0.15) is 0 Å². The maximum Gasteiger partial charge on any atom is 0.274 e. The van der Waals surface area contributed by atoms with Crippen molar-refractivity contribution in [2.75, 3.05) is 37.7 Å². The summed E-state index contributed by atoms with van der Waals surface area (Å²) in [5.74, 6) is 0.0182. The number of rotatable bonds is 3. The Hall–Kier alpha value is -2.50. The zero-order valence-electron chi connectivity index (χ0n) is 12.2. The lowest BCUT2D eigenvalue weighted by molar-refractivity contribution is -0.117. The molecule has 7 heteroatoms. The maximum absolute atomic E-state index is 12.7. The van der Waals surface area contributed by atoms with Crippen LogP contribution in [0, 0.1) is 0 Å². The topological polar surface area (TPSA) is 81.5 Å². The first-order valence-electron chi connectivity index (χ1n) is 7.29. The van der Waals surface area contributed by atoms with E-state index in [0.29, 0.717) is 25.4 Å². The molecule has 1 aromatic carbocycles. The van der Waals surface area contributed by atoms with Crippen molar-refractivity contribution in [3.05, 3.63) is 46.5 Å². The molecule has 0 saturated carbocycles. The molecule has 1 aromatic rings. The Labute approximate surface area is 128 Å². The van der Waals surface area contributed by atoms with Crippen molar-refractivity contribution in [1.82, 2.24) is 4.90 Å². The van der Waals surface area contributed by atoms with Gasteiger partial charge in [-0.25, -0.2) is 0 Å². The predicted molar refractivity (Wildman–Crippen MR) is 82.7 cm³/mol. The molecule has 0 radical (unpaired) electrons. The SMILES string of the molecule is [N-]=[N+]=Nc1ccc(N2CCC=C(N3CCOCC3)C2=O)cc1. The maximum atomic E-state index is 12.7. The molecule has 0 bridgehead atoms. The molecule has 0 aliphatic carbocycles. The third-order valence-electron chi connectivity index (χ3n) is 3.83. The van der Waals surface area contributed by atoms with Gasteiger partial charge in [-0.15, -0.1) is 0 Å². The molecule has 1 fully saturated rings. The number of carbonyl (C=O) groups excluding carboxylic acids is 1. The second kappa shape index (κ2) is 6.51. The largest absolute Gasteiger partial charge is 0.378 e. The highest BCUT2D eigenvalue weighted by atomic mass is 16.5. The molecule has 0 atom stereocenters. The van der Waals surface area contributed by atoms with Crippen molar-refractivity contribution in [2.45, 2.75) is 6.42 Å². The van der Waals surface area contributed by atoms with Gasteiger partial charge in [0.1, 0.15) is 0 Å². The van der Waals surface area contributed by atoms with E-state index in [1.54, 1.807) is 17.0 Å². The molecule has 1 saturated heterocycles. The van der Waals surface area contributed by atoms with Crippen LogP contribution in [0.25, 0.3) is 10.4 Å². The van der Waals surface area contributed by atoms with E-state index in [1.807, 2.05) is 18.2 Å². The third kappa shape index (κ3) is 2.90. The molecular weight excluding hydrogens is 282 g/mol. The number of morpholine rings is 1. The van der Waals surface area contributed by atoms with Gasteiger partial charge in [-0.05, 0) is 24.1 Å². The summed E-state index contributed by atoms with van der Waals surface area (Å²) in [5.41, 5.74) is 10.5. The average molecular weight is 299 g/mol. The highest BCUT2D eigenvalue weighted by Gasteiger charge is 2.28. The van der Waals surface area contributed by atoms with E-state index in [-0.39, 0.29) is 5.91 Å². The lowest BCUT2D eigenvalue weighted by Gasteiger charge is -2.35. The van der Waals surface area contributed by atoms with Crippen molar-refractivity contribution < 1.29 is 9.53 Å². The fourth-order valence-electron chi connectivity index (χ4n) is 2.72. The van der Waals surface area contributed by atoms with Crippen LogP contribution >= 0.6 is 0 Å². The minimum absolute atomic E-state index is 0.0182. The summed E-state index contributed by atoms with van der Waals surface area (Å²) in [6.07, 6.45) is 2.84. The molecule has 0 aromatic heterocycles. The molecule has 0 N–H and O–H groups in total. The quantitative estimate of drug-likeness (QED) is 0.488. The number of amides is 1. The van der Waals surface area contributed by atoms with E-state index >= 15 is 0 Å². The highest BCUT2D eigenvalue weighted by molar-refractivity contribution is 6.06. The van der Waals surface area contributed by atoms with Crippen molar-refractivity contribution in [2.24, 2.45) is 5.11 Å². The van der Waals surface area contributed by atoms with Crippen LogP contribution < -0.4 is 4.90 Å². The Balaban J connectivity index is 1.78. The Morgan fingerprint density at radius 1 is 1.14 bits per heavy atom. The molecule has 2 heterocycles. The third-order valence-corrected chi connectivity index (χ3v) is 3.83. The molecule has 114 valence electrons. The fourth-order valence-corrected chi connectivity index (χ4v) is 2.72. The number of nitrogens with zero attached hydrogens (tertiary/aromatic N) is 5. The molecule has 2 aliphatic rings. The smallest absolute Gasteiger partial charge is 0.274 e. The molecule has 0 unspecified atom stereocenters. The summed E-state index contributed by atoms with van der Waals surface area (Å²) in [6, 6.07) is 7.05. The first-order chi connectivity index (χ1) is 10.8. The van der Waals surface area contributed by atoms with E-state index in [4.69, 9.17) is 10.3 Å². The van der Waals surface area contributed by atoms with Gasteiger partial charge in [0.15, 0.2) is 0 Å². The Bertz CT molecular complexity index is 628. The highest BCUT2D eigenvalue weighted by Crippen LogP contribution is 2.25. The van der Waals surface area contributed by atoms with Gasteiger partial charge in [0.05, 0.1) is 18.9 Å². The van der Waals surface area contributed by atoms with Crippen LogP contribution in [0.2, 0.25) is 0 Å². The molecule has 22 heavy (non-hydrogen) atoms. The van der Waals surface area contributed by atoms with Crippen molar-refractivity contribution in [3.8, 4) is 0 Å². The van der Waals surface area contributed by atoms with Gasteiger partial charge in [0.25, 0.3) is 5.91 Å². The molecule has 1 amide bonds. The summed E-state index contributed by atoms with van der Waals surface area (Å²) in [4.78, 5) is 19.3. The van der Waals surface area contributed by atoms with Crippen LogP contribution in [0.1, 0.15) is 6.42 Å².